The molecule has 0 saturated carbocycles. The van der Waals surface area contributed by atoms with Gasteiger partial charge in [0.1, 0.15) is 5.00 Å². The van der Waals surface area contributed by atoms with Gasteiger partial charge in [0.05, 0.1) is 18.5 Å². The second-order valence-corrected chi connectivity index (χ2v) is 3.51. The number of rotatable bonds is 2. The van der Waals surface area contributed by atoms with E-state index in [-0.39, 0.29) is 11.2 Å². The van der Waals surface area contributed by atoms with E-state index in [0.717, 1.165) is 17.2 Å². The summed E-state index contributed by atoms with van der Waals surface area (Å²) >= 11 is 1.11. The minimum absolute atomic E-state index is 0.0869. The van der Waals surface area contributed by atoms with E-state index in [1.165, 1.54) is 0 Å². The van der Waals surface area contributed by atoms with Crippen LogP contribution in [0.1, 0.15) is 0 Å². The number of anilines is 2. The van der Waals surface area contributed by atoms with Crippen LogP contribution in [0.4, 0.5) is 16.4 Å². The van der Waals surface area contributed by atoms with E-state index in [0.29, 0.717) is 5.00 Å². The molecule has 6 heteroatoms. The van der Waals surface area contributed by atoms with Crippen LogP contribution in [0.2, 0.25) is 0 Å². The molecule has 0 spiro atoms. The zero-order valence-corrected chi connectivity index (χ0v) is 8.34. The molecule has 2 N–H and O–H groups in total. The molecular formula is C9H6N4OS. The zero-order valence-electron chi connectivity index (χ0n) is 7.52. The molecule has 0 aliphatic rings. The highest BCUT2D eigenvalue weighted by atomic mass is 32.1. The van der Waals surface area contributed by atoms with Crippen LogP contribution in [0.5, 0.6) is 0 Å². The van der Waals surface area contributed by atoms with Gasteiger partial charge in [-0.25, -0.2) is 4.85 Å². The highest BCUT2D eigenvalue weighted by Gasteiger charge is 2.09. The molecule has 5 nitrogen and oxygen atoms in total. The Morgan fingerprint density at radius 2 is 2.47 bits per heavy atom. The summed E-state index contributed by atoms with van der Waals surface area (Å²) < 4.78 is 2.50. The van der Waals surface area contributed by atoms with Gasteiger partial charge >= 0.3 is 0 Å². The maximum absolute atomic E-state index is 11.1. The first-order valence-electron chi connectivity index (χ1n) is 4.07. The lowest BCUT2D eigenvalue weighted by Gasteiger charge is -2.01. The molecule has 15 heavy (non-hydrogen) atoms. The number of nitrogens with zero attached hydrogens (tertiary/aromatic N) is 2. The fraction of sp³-hybridized carbons (Fsp3) is 0. The molecule has 2 aromatic heterocycles. The zero-order chi connectivity index (χ0) is 10.7. The third-order valence-corrected chi connectivity index (χ3v) is 2.49. The lowest BCUT2D eigenvalue weighted by molar-refractivity contribution is 1.33. The summed E-state index contributed by atoms with van der Waals surface area (Å²) in [5, 5.41) is 3.47. The summed E-state index contributed by atoms with van der Waals surface area (Å²) in [4.78, 5) is 18.2. The topological polar surface area (TPSA) is 62.1 Å². The largest absolute Gasteiger partial charge is 0.353 e. The van der Waals surface area contributed by atoms with Gasteiger partial charge < -0.3 is 5.32 Å². The van der Waals surface area contributed by atoms with Crippen LogP contribution in [-0.2, 0) is 0 Å². The van der Waals surface area contributed by atoms with Crippen molar-refractivity contribution in [2.75, 3.05) is 5.32 Å². The number of aromatic amines is 1. The Morgan fingerprint density at radius 3 is 3.13 bits per heavy atom. The number of hydrogen-bond acceptors (Lipinski definition) is 4. The van der Waals surface area contributed by atoms with Crippen molar-refractivity contribution in [3.8, 4) is 0 Å². The molecule has 0 bridgehead atoms. The van der Waals surface area contributed by atoms with E-state index in [1.54, 1.807) is 18.5 Å². The van der Waals surface area contributed by atoms with Gasteiger partial charge in [-0.05, 0) is 12.1 Å². The second kappa shape index (κ2) is 3.94. The van der Waals surface area contributed by atoms with Gasteiger partial charge in [0.15, 0.2) is 0 Å². The molecule has 0 aliphatic heterocycles. The predicted octanol–water partition coefficient (Wildman–Crippen LogP) is 2.13. The van der Waals surface area contributed by atoms with Crippen molar-refractivity contribution >= 4 is 27.9 Å². The van der Waals surface area contributed by atoms with Gasteiger partial charge in [0, 0.05) is 6.20 Å². The van der Waals surface area contributed by atoms with Crippen LogP contribution in [0.25, 0.3) is 4.85 Å². The first-order chi connectivity index (χ1) is 7.31. The second-order valence-electron chi connectivity index (χ2n) is 2.69. The smallest absolute Gasteiger partial charge is 0.285 e. The molecule has 2 rings (SSSR count). The molecule has 0 atom stereocenters. The number of aromatic nitrogens is 2. The molecule has 0 aromatic carbocycles. The number of hydrogen-bond donors (Lipinski definition) is 2. The lowest BCUT2D eigenvalue weighted by atomic mass is 10.4. The molecule has 0 saturated heterocycles. The van der Waals surface area contributed by atoms with Crippen molar-refractivity contribution in [2.24, 2.45) is 0 Å². The standard InChI is InChI=1S/C9H6N4OS/c1-10-7-8(14)13-15-9(7)12-6-3-2-4-11-5-6/h2-5,12H,(H,13,14). The molecule has 2 aromatic rings. The Balaban J connectivity index is 2.34. The summed E-state index contributed by atoms with van der Waals surface area (Å²) in [6.07, 6.45) is 3.28. The summed E-state index contributed by atoms with van der Waals surface area (Å²) in [6.45, 7) is 6.86. The highest BCUT2D eigenvalue weighted by molar-refractivity contribution is 7.11. The number of pyridine rings is 1. The van der Waals surface area contributed by atoms with E-state index in [1.807, 2.05) is 6.07 Å². The van der Waals surface area contributed by atoms with Crippen molar-refractivity contribution in [2.45, 2.75) is 0 Å². The summed E-state index contributed by atoms with van der Waals surface area (Å²) in [7, 11) is 0. The molecular weight excluding hydrogens is 212 g/mol. The van der Waals surface area contributed by atoms with Crippen molar-refractivity contribution in [3.63, 3.8) is 0 Å². The maximum atomic E-state index is 11.1. The van der Waals surface area contributed by atoms with E-state index in [4.69, 9.17) is 6.57 Å². The Bertz CT molecular complexity index is 551. The molecule has 2 heterocycles. The van der Waals surface area contributed by atoms with E-state index in [2.05, 4.69) is 19.5 Å². The van der Waals surface area contributed by atoms with Crippen LogP contribution in [0, 0.1) is 6.57 Å². The van der Waals surface area contributed by atoms with Crippen molar-refractivity contribution in [3.05, 3.63) is 46.3 Å². The van der Waals surface area contributed by atoms with E-state index in [9.17, 15) is 4.79 Å². The monoisotopic (exact) mass is 218 g/mol. The van der Waals surface area contributed by atoms with Crippen LogP contribution in [-0.4, -0.2) is 9.36 Å². The van der Waals surface area contributed by atoms with Crippen molar-refractivity contribution in [1.29, 1.82) is 0 Å². The third kappa shape index (κ3) is 1.87. The Labute approximate surface area is 89.4 Å². The van der Waals surface area contributed by atoms with Gasteiger partial charge in [0.25, 0.3) is 11.2 Å². The van der Waals surface area contributed by atoms with Gasteiger partial charge in [0.2, 0.25) is 0 Å². The highest BCUT2D eigenvalue weighted by Crippen LogP contribution is 2.27. The van der Waals surface area contributed by atoms with Gasteiger partial charge in [-0.1, -0.05) is 11.5 Å². The van der Waals surface area contributed by atoms with E-state index < -0.39 is 0 Å². The molecule has 74 valence electrons. The molecule has 0 amide bonds. The number of H-pyrrole nitrogens is 1. The van der Waals surface area contributed by atoms with Crippen LogP contribution in [0.15, 0.2) is 29.3 Å². The summed E-state index contributed by atoms with van der Waals surface area (Å²) in [6, 6.07) is 3.58. The summed E-state index contributed by atoms with van der Waals surface area (Å²) in [5.41, 5.74) is 0.475. The number of nitrogens with one attached hydrogen (secondary N) is 2. The molecule has 0 unspecified atom stereocenters. The third-order valence-electron chi connectivity index (χ3n) is 1.71. The minimum Gasteiger partial charge on any atom is -0.353 e. The van der Waals surface area contributed by atoms with Gasteiger partial charge in [-0.15, -0.1) is 0 Å². The van der Waals surface area contributed by atoms with Crippen molar-refractivity contribution in [1.82, 2.24) is 9.36 Å². The Kier molecular flexibility index (Phi) is 2.48. The normalized spacial score (nSPS) is 9.53. The van der Waals surface area contributed by atoms with Gasteiger partial charge in [-0.3, -0.25) is 14.2 Å². The first kappa shape index (κ1) is 9.43. The Hall–Kier alpha value is -2.13. The average Bonchev–Trinajstić information content (AvgIpc) is 2.61. The first-order valence-corrected chi connectivity index (χ1v) is 4.89. The molecule has 0 radical (unpaired) electrons. The quantitative estimate of drug-likeness (QED) is 0.759. The van der Waals surface area contributed by atoms with E-state index >= 15 is 0 Å². The van der Waals surface area contributed by atoms with Crippen LogP contribution in [0.3, 0.4) is 0 Å². The van der Waals surface area contributed by atoms with Crippen LogP contribution < -0.4 is 10.9 Å². The van der Waals surface area contributed by atoms with Crippen molar-refractivity contribution < 1.29 is 0 Å². The fourth-order valence-corrected chi connectivity index (χ4v) is 1.75. The average molecular weight is 218 g/mol. The SMILES string of the molecule is [C-]#[N+]c1c(Nc2cccnc2)s[nH]c1=O. The summed E-state index contributed by atoms with van der Waals surface area (Å²) in [5.74, 6) is 0. The fourth-order valence-electron chi connectivity index (χ4n) is 1.05. The molecule has 0 fully saturated rings. The predicted molar refractivity (Wildman–Crippen MR) is 58.7 cm³/mol. The van der Waals surface area contributed by atoms with Crippen LogP contribution >= 0.6 is 11.5 Å². The Morgan fingerprint density at radius 1 is 1.60 bits per heavy atom. The van der Waals surface area contributed by atoms with Gasteiger partial charge in [-0.2, -0.15) is 0 Å². The maximum Gasteiger partial charge on any atom is 0.285 e. The lowest BCUT2D eigenvalue weighted by Crippen LogP contribution is -1.95. The molecule has 0 aliphatic carbocycles. The minimum atomic E-state index is -0.360.